The predicted octanol–water partition coefficient (Wildman–Crippen LogP) is 4.41. The average molecular weight is 239 g/mol. The Morgan fingerprint density at radius 1 is 1.47 bits per heavy atom. The lowest BCUT2D eigenvalue weighted by Gasteiger charge is -2.11. The second-order valence-corrected chi connectivity index (χ2v) is 5.61. The summed E-state index contributed by atoms with van der Waals surface area (Å²) in [5, 5.41) is 1.39. The highest BCUT2D eigenvalue weighted by Gasteiger charge is 2.08. The van der Waals surface area contributed by atoms with E-state index in [1.807, 2.05) is 23.9 Å². The Morgan fingerprint density at radius 3 is 2.80 bits per heavy atom. The third-order valence-corrected chi connectivity index (χ3v) is 3.42. The van der Waals surface area contributed by atoms with Crippen LogP contribution in [0, 0.1) is 12.3 Å². The molecule has 0 aliphatic rings. The zero-order valence-electron chi connectivity index (χ0n) is 9.09. The van der Waals surface area contributed by atoms with Gasteiger partial charge in [-0.1, -0.05) is 31.5 Å². The fourth-order valence-electron chi connectivity index (χ4n) is 1.34. The van der Waals surface area contributed by atoms with Crippen LogP contribution < -0.4 is 0 Å². The summed E-state index contributed by atoms with van der Waals surface area (Å²) < 4.78 is 0. The normalized spacial score (nSPS) is 10.3. The number of halogens is 1. The van der Waals surface area contributed by atoms with Crippen molar-refractivity contribution >= 4 is 23.4 Å². The van der Waals surface area contributed by atoms with Gasteiger partial charge in [0.05, 0.1) is 0 Å². The molecule has 2 heteroatoms. The minimum absolute atomic E-state index is 0.563. The van der Waals surface area contributed by atoms with Gasteiger partial charge in [0, 0.05) is 21.6 Å². The predicted molar refractivity (Wildman–Crippen MR) is 69.6 cm³/mol. The number of thioether (sulfide) groups is 1. The first-order valence-corrected chi connectivity index (χ1v) is 6.28. The summed E-state index contributed by atoms with van der Waals surface area (Å²) >= 11 is 8.00. The zero-order valence-corrected chi connectivity index (χ0v) is 10.7. The maximum atomic E-state index is 6.17. The molecule has 1 aromatic carbocycles. The highest BCUT2D eigenvalue weighted by molar-refractivity contribution is 8.00. The van der Waals surface area contributed by atoms with Crippen LogP contribution in [0.25, 0.3) is 0 Å². The molecular weight excluding hydrogens is 224 g/mol. The number of hydrogen-bond acceptors (Lipinski definition) is 1. The summed E-state index contributed by atoms with van der Waals surface area (Å²) in [5.41, 5.74) is 1.19. The first-order chi connectivity index (χ1) is 7.15. The topological polar surface area (TPSA) is 0 Å². The SMILES string of the molecule is C#CCCc1c(Cl)cccc1SC(C)C. The summed E-state index contributed by atoms with van der Waals surface area (Å²) in [6.07, 6.45) is 6.89. The standard InChI is InChI=1S/C13H15ClS/c1-4-5-7-11-12(14)8-6-9-13(11)15-10(2)3/h1,6,8-10H,5,7H2,2-3H3. The fourth-order valence-corrected chi connectivity index (χ4v) is 2.69. The highest BCUT2D eigenvalue weighted by Crippen LogP contribution is 2.31. The van der Waals surface area contributed by atoms with E-state index in [-0.39, 0.29) is 0 Å². The van der Waals surface area contributed by atoms with Crippen molar-refractivity contribution < 1.29 is 0 Å². The Kier molecular flexibility index (Phi) is 5.08. The van der Waals surface area contributed by atoms with Crippen LogP contribution in [0.4, 0.5) is 0 Å². The van der Waals surface area contributed by atoms with Crippen LogP contribution >= 0.6 is 23.4 Å². The van der Waals surface area contributed by atoms with Crippen molar-refractivity contribution in [2.45, 2.75) is 36.8 Å². The monoisotopic (exact) mass is 238 g/mol. The maximum absolute atomic E-state index is 6.17. The Balaban J connectivity index is 2.93. The van der Waals surface area contributed by atoms with Crippen molar-refractivity contribution in [2.24, 2.45) is 0 Å². The van der Waals surface area contributed by atoms with Crippen LogP contribution in [0.1, 0.15) is 25.8 Å². The largest absolute Gasteiger partial charge is 0.123 e. The number of hydrogen-bond donors (Lipinski definition) is 0. The van der Waals surface area contributed by atoms with E-state index in [4.69, 9.17) is 18.0 Å². The minimum Gasteiger partial charge on any atom is -0.123 e. The Bertz CT molecular complexity index is 363. The maximum Gasteiger partial charge on any atom is 0.0449 e. The van der Waals surface area contributed by atoms with E-state index in [1.165, 1.54) is 10.5 Å². The average Bonchev–Trinajstić information content (AvgIpc) is 2.16. The van der Waals surface area contributed by atoms with E-state index in [1.54, 1.807) is 0 Å². The van der Waals surface area contributed by atoms with Crippen molar-refractivity contribution in [2.75, 3.05) is 0 Å². The van der Waals surface area contributed by atoms with Gasteiger partial charge in [-0.3, -0.25) is 0 Å². The van der Waals surface area contributed by atoms with E-state index in [9.17, 15) is 0 Å². The Hall–Kier alpha value is -0.580. The van der Waals surface area contributed by atoms with Gasteiger partial charge in [-0.2, -0.15) is 0 Å². The molecule has 0 nitrogen and oxygen atoms in total. The molecule has 0 N–H and O–H groups in total. The number of terminal acetylenes is 1. The summed E-state index contributed by atoms with van der Waals surface area (Å²) in [6.45, 7) is 4.35. The molecule has 0 amide bonds. The third kappa shape index (κ3) is 3.81. The van der Waals surface area contributed by atoms with E-state index in [2.05, 4.69) is 25.8 Å². The molecule has 0 saturated carbocycles. The first kappa shape index (κ1) is 12.5. The van der Waals surface area contributed by atoms with Gasteiger partial charge in [-0.05, 0) is 24.1 Å². The number of rotatable bonds is 4. The van der Waals surface area contributed by atoms with Gasteiger partial charge in [0.15, 0.2) is 0 Å². The van der Waals surface area contributed by atoms with Gasteiger partial charge in [-0.15, -0.1) is 24.1 Å². The molecule has 80 valence electrons. The third-order valence-electron chi connectivity index (χ3n) is 1.96. The van der Waals surface area contributed by atoms with Crippen LogP contribution in [0.5, 0.6) is 0 Å². The highest BCUT2D eigenvalue weighted by atomic mass is 35.5. The van der Waals surface area contributed by atoms with Crippen molar-refractivity contribution in [1.29, 1.82) is 0 Å². The van der Waals surface area contributed by atoms with Crippen LogP contribution in [-0.2, 0) is 6.42 Å². The Morgan fingerprint density at radius 2 is 2.20 bits per heavy atom. The van der Waals surface area contributed by atoms with Crippen LogP contribution in [-0.4, -0.2) is 5.25 Å². The van der Waals surface area contributed by atoms with Crippen LogP contribution in [0.15, 0.2) is 23.1 Å². The van der Waals surface area contributed by atoms with Gasteiger partial charge in [-0.25, -0.2) is 0 Å². The molecule has 0 aromatic heterocycles. The second-order valence-electron chi connectivity index (χ2n) is 3.59. The molecule has 0 saturated heterocycles. The molecule has 0 aliphatic heterocycles. The Labute approximate surface area is 101 Å². The molecule has 0 aliphatic carbocycles. The van der Waals surface area contributed by atoms with E-state index >= 15 is 0 Å². The molecule has 0 atom stereocenters. The summed E-state index contributed by atoms with van der Waals surface area (Å²) in [4.78, 5) is 1.26. The molecule has 0 spiro atoms. The molecule has 0 unspecified atom stereocenters. The summed E-state index contributed by atoms with van der Waals surface area (Å²) in [6, 6.07) is 6.03. The lowest BCUT2D eigenvalue weighted by atomic mass is 10.1. The van der Waals surface area contributed by atoms with Gasteiger partial charge in [0.2, 0.25) is 0 Å². The minimum atomic E-state index is 0.563. The molecule has 0 heterocycles. The lowest BCUT2D eigenvalue weighted by Crippen LogP contribution is -1.93. The van der Waals surface area contributed by atoms with Crippen LogP contribution in [0.2, 0.25) is 5.02 Å². The number of benzene rings is 1. The quantitative estimate of drug-likeness (QED) is 0.553. The van der Waals surface area contributed by atoms with Gasteiger partial charge in [0.25, 0.3) is 0 Å². The lowest BCUT2D eigenvalue weighted by molar-refractivity contribution is 0.989. The van der Waals surface area contributed by atoms with Crippen molar-refractivity contribution in [3.63, 3.8) is 0 Å². The molecule has 0 fully saturated rings. The smallest absolute Gasteiger partial charge is 0.0449 e. The molecule has 1 rings (SSSR count). The summed E-state index contributed by atoms with van der Waals surface area (Å²) in [5.74, 6) is 2.66. The zero-order chi connectivity index (χ0) is 11.3. The molecule has 15 heavy (non-hydrogen) atoms. The van der Waals surface area contributed by atoms with E-state index < -0.39 is 0 Å². The fraction of sp³-hybridized carbons (Fsp3) is 0.385. The summed E-state index contributed by atoms with van der Waals surface area (Å²) in [7, 11) is 0. The van der Waals surface area contributed by atoms with Crippen molar-refractivity contribution in [1.82, 2.24) is 0 Å². The van der Waals surface area contributed by atoms with Crippen LogP contribution in [0.3, 0.4) is 0 Å². The molecular formula is C13H15ClS. The van der Waals surface area contributed by atoms with Gasteiger partial charge < -0.3 is 0 Å². The van der Waals surface area contributed by atoms with Gasteiger partial charge >= 0.3 is 0 Å². The second kappa shape index (κ2) is 6.10. The van der Waals surface area contributed by atoms with Crippen molar-refractivity contribution in [3.05, 3.63) is 28.8 Å². The van der Waals surface area contributed by atoms with E-state index in [0.29, 0.717) is 5.25 Å². The van der Waals surface area contributed by atoms with Crippen molar-refractivity contribution in [3.8, 4) is 12.3 Å². The molecule has 0 radical (unpaired) electrons. The first-order valence-electron chi connectivity index (χ1n) is 5.02. The van der Waals surface area contributed by atoms with E-state index in [0.717, 1.165) is 17.9 Å². The van der Waals surface area contributed by atoms with Gasteiger partial charge in [0.1, 0.15) is 0 Å². The molecule has 0 bridgehead atoms. The molecule has 1 aromatic rings.